The molecule has 1 aromatic heterocycles. The van der Waals surface area contributed by atoms with E-state index >= 15 is 0 Å². The highest BCUT2D eigenvalue weighted by molar-refractivity contribution is 5.92. The largest absolute Gasteiger partial charge is 0.459 e. The molecule has 1 fully saturated rings. The average molecular weight is 418 g/mol. The Hall–Kier alpha value is -3.12. The number of H-pyrrole nitrogens is 1. The second-order valence-electron chi connectivity index (χ2n) is 8.95. The lowest BCUT2D eigenvalue weighted by atomic mass is 9.96. The van der Waals surface area contributed by atoms with Gasteiger partial charge in [0.1, 0.15) is 12.6 Å². The topological polar surface area (TPSA) is 65.6 Å². The molecule has 0 aliphatic carbocycles. The fourth-order valence-corrected chi connectivity index (χ4v) is 5.19. The van der Waals surface area contributed by atoms with Gasteiger partial charge < -0.3 is 14.6 Å². The van der Waals surface area contributed by atoms with Gasteiger partial charge in [-0.3, -0.25) is 9.69 Å². The van der Waals surface area contributed by atoms with Crippen LogP contribution in [0.15, 0.2) is 54.6 Å². The second kappa shape index (κ2) is 7.24. The van der Waals surface area contributed by atoms with Gasteiger partial charge in [-0.1, -0.05) is 48.5 Å². The minimum Gasteiger partial charge on any atom is -0.459 e. The molecule has 2 aromatic carbocycles. The maximum atomic E-state index is 13.5. The molecule has 3 aromatic rings. The Morgan fingerprint density at radius 2 is 1.87 bits per heavy atom. The monoisotopic (exact) mass is 417 g/mol. The van der Waals surface area contributed by atoms with Gasteiger partial charge in [0.15, 0.2) is 0 Å². The van der Waals surface area contributed by atoms with E-state index in [9.17, 15) is 9.59 Å². The van der Waals surface area contributed by atoms with Crippen molar-refractivity contribution in [2.24, 2.45) is 0 Å². The van der Waals surface area contributed by atoms with Gasteiger partial charge in [0.05, 0.1) is 11.7 Å². The zero-order chi connectivity index (χ0) is 21.8. The molecule has 0 saturated carbocycles. The van der Waals surface area contributed by atoms with E-state index in [0.717, 1.165) is 16.8 Å². The van der Waals surface area contributed by atoms with E-state index in [1.807, 2.05) is 56.3 Å². The number of hydrogen-bond acceptors (Lipinski definition) is 4. The molecule has 160 valence electrons. The van der Waals surface area contributed by atoms with Crippen LogP contribution >= 0.6 is 0 Å². The van der Waals surface area contributed by atoms with E-state index in [2.05, 4.69) is 22.0 Å². The number of rotatable bonds is 4. The molecule has 0 bridgehead atoms. The van der Waals surface area contributed by atoms with E-state index in [1.54, 1.807) is 11.8 Å². The lowest BCUT2D eigenvalue weighted by Gasteiger charge is -2.41. The van der Waals surface area contributed by atoms with Crippen LogP contribution in [0.2, 0.25) is 0 Å². The predicted octanol–water partition coefficient (Wildman–Crippen LogP) is 3.60. The first-order chi connectivity index (χ1) is 14.9. The summed E-state index contributed by atoms with van der Waals surface area (Å²) in [5, 5.41) is 1.18. The molecule has 1 amide bonds. The number of benzene rings is 2. The maximum Gasteiger partial charge on any atom is 0.328 e. The number of nitrogens with one attached hydrogen (secondary N) is 1. The van der Waals surface area contributed by atoms with Gasteiger partial charge in [-0.05, 0) is 44.4 Å². The zero-order valence-electron chi connectivity index (χ0n) is 18.1. The third-order valence-electron chi connectivity index (χ3n) is 6.77. The van der Waals surface area contributed by atoms with Crippen LogP contribution in [0.1, 0.15) is 37.6 Å². The van der Waals surface area contributed by atoms with Crippen molar-refractivity contribution in [3.8, 4) is 0 Å². The van der Waals surface area contributed by atoms with Gasteiger partial charge in [-0.2, -0.15) is 0 Å². The molecule has 31 heavy (non-hydrogen) atoms. The van der Waals surface area contributed by atoms with Crippen LogP contribution in [0, 0.1) is 0 Å². The number of para-hydroxylation sites is 1. The normalized spacial score (nSPS) is 21.1. The summed E-state index contributed by atoms with van der Waals surface area (Å²) in [6.45, 7) is 6.64. The molecule has 0 radical (unpaired) electrons. The summed E-state index contributed by atoms with van der Waals surface area (Å²) < 4.78 is 5.54. The molecular weight excluding hydrogens is 390 g/mol. The van der Waals surface area contributed by atoms with Crippen molar-refractivity contribution in [1.82, 2.24) is 14.8 Å². The third-order valence-corrected chi connectivity index (χ3v) is 6.77. The van der Waals surface area contributed by atoms with Crippen molar-refractivity contribution >= 4 is 22.8 Å². The SMILES string of the molecule is C[C@@H](C(=O)OCc1ccccc1)N1C(=O)[C@@H]2Cc3c([nH]c4ccccc34)CN2C1(C)C. The number of fused-ring (bicyclic) bond motifs is 4. The Labute approximate surface area is 181 Å². The van der Waals surface area contributed by atoms with E-state index < -0.39 is 11.7 Å². The van der Waals surface area contributed by atoms with Crippen molar-refractivity contribution in [2.75, 3.05) is 0 Å². The summed E-state index contributed by atoms with van der Waals surface area (Å²) in [4.78, 5) is 33.8. The molecule has 2 atom stereocenters. The second-order valence-corrected chi connectivity index (χ2v) is 8.95. The van der Waals surface area contributed by atoms with Gasteiger partial charge in [0.2, 0.25) is 5.91 Å². The molecular formula is C25H27N3O3. The van der Waals surface area contributed by atoms with Crippen molar-refractivity contribution < 1.29 is 14.3 Å². The van der Waals surface area contributed by atoms with Crippen LogP contribution in [-0.2, 0) is 33.9 Å². The van der Waals surface area contributed by atoms with E-state index in [1.165, 1.54) is 10.9 Å². The number of esters is 1. The summed E-state index contributed by atoms with van der Waals surface area (Å²) in [5.41, 5.74) is 3.80. The molecule has 1 saturated heterocycles. The summed E-state index contributed by atoms with van der Waals surface area (Å²) in [7, 11) is 0. The Morgan fingerprint density at radius 3 is 2.65 bits per heavy atom. The van der Waals surface area contributed by atoms with Crippen molar-refractivity contribution in [3.05, 3.63) is 71.4 Å². The number of amides is 1. The molecule has 2 aliphatic heterocycles. The van der Waals surface area contributed by atoms with Crippen LogP contribution in [0.3, 0.4) is 0 Å². The number of ether oxygens (including phenoxy) is 1. The highest BCUT2D eigenvalue weighted by atomic mass is 16.5. The lowest BCUT2D eigenvalue weighted by molar-refractivity contribution is -0.158. The Bertz CT molecular complexity index is 1150. The van der Waals surface area contributed by atoms with E-state index in [-0.39, 0.29) is 24.5 Å². The fraction of sp³-hybridized carbons (Fsp3) is 0.360. The fourth-order valence-electron chi connectivity index (χ4n) is 5.19. The first-order valence-corrected chi connectivity index (χ1v) is 10.8. The Morgan fingerprint density at radius 1 is 1.16 bits per heavy atom. The average Bonchev–Trinajstić information content (AvgIpc) is 3.23. The predicted molar refractivity (Wildman–Crippen MR) is 118 cm³/mol. The van der Waals surface area contributed by atoms with Crippen molar-refractivity contribution in [2.45, 2.75) is 58.1 Å². The third kappa shape index (κ3) is 3.13. The minimum absolute atomic E-state index is 0.00917. The molecule has 6 heteroatoms. The van der Waals surface area contributed by atoms with Crippen molar-refractivity contribution in [3.63, 3.8) is 0 Å². The number of aromatic amines is 1. The van der Waals surface area contributed by atoms with E-state index in [4.69, 9.17) is 4.74 Å². The number of carbonyl (C=O) groups excluding carboxylic acids is 2. The van der Waals surface area contributed by atoms with Crippen LogP contribution in [0.25, 0.3) is 10.9 Å². The van der Waals surface area contributed by atoms with Crippen LogP contribution in [0.4, 0.5) is 0 Å². The zero-order valence-corrected chi connectivity index (χ0v) is 18.1. The summed E-state index contributed by atoms with van der Waals surface area (Å²) in [5.74, 6) is -0.390. The maximum absolute atomic E-state index is 13.5. The highest BCUT2D eigenvalue weighted by Crippen LogP contribution is 2.41. The van der Waals surface area contributed by atoms with Gasteiger partial charge in [-0.25, -0.2) is 4.79 Å². The smallest absolute Gasteiger partial charge is 0.328 e. The summed E-state index contributed by atoms with van der Waals surface area (Å²) >= 11 is 0. The quantitative estimate of drug-likeness (QED) is 0.659. The molecule has 0 spiro atoms. The van der Waals surface area contributed by atoms with Crippen molar-refractivity contribution in [1.29, 1.82) is 0 Å². The summed E-state index contributed by atoms with van der Waals surface area (Å²) in [6, 6.07) is 16.9. The number of nitrogens with zero attached hydrogens (tertiary/aromatic N) is 2. The molecule has 2 aliphatic rings. The van der Waals surface area contributed by atoms with Gasteiger partial charge in [-0.15, -0.1) is 0 Å². The first-order valence-electron chi connectivity index (χ1n) is 10.8. The first kappa shape index (κ1) is 19.8. The van der Waals surface area contributed by atoms with Crippen LogP contribution < -0.4 is 0 Å². The van der Waals surface area contributed by atoms with Gasteiger partial charge in [0.25, 0.3) is 0 Å². The number of carbonyl (C=O) groups is 2. The van der Waals surface area contributed by atoms with Gasteiger partial charge in [0, 0.05) is 23.1 Å². The van der Waals surface area contributed by atoms with Gasteiger partial charge >= 0.3 is 5.97 Å². The lowest BCUT2D eigenvalue weighted by Crippen LogP contribution is -2.55. The molecule has 3 heterocycles. The van der Waals surface area contributed by atoms with Crippen LogP contribution in [0.5, 0.6) is 0 Å². The molecule has 1 N–H and O–H groups in total. The summed E-state index contributed by atoms with van der Waals surface area (Å²) in [6.07, 6.45) is 0.643. The Balaban J connectivity index is 1.38. The number of aromatic nitrogens is 1. The standard InChI is InChI=1S/C25H27N3O3/c1-16(24(30)31-15-17-9-5-4-6-10-17)28-23(29)22-13-19-18-11-7-8-12-20(18)26-21(19)14-27(22)25(28,2)3/h4-12,16,22,26H,13-15H2,1-3H3/t16-,22-/m0/s1. The van der Waals surface area contributed by atoms with E-state index in [0.29, 0.717) is 13.0 Å². The molecule has 0 unspecified atom stereocenters. The number of hydrogen-bond donors (Lipinski definition) is 1. The Kier molecular flexibility index (Phi) is 4.63. The minimum atomic E-state index is -0.660. The highest BCUT2D eigenvalue weighted by Gasteiger charge is 2.55. The van der Waals surface area contributed by atoms with Crippen LogP contribution in [-0.4, -0.2) is 44.4 Å². The molecule has 6 nitrogen and oxygen atoms in total. The molecule has 5 rings (SSSR count).